The van der Waals surface area contributed by atoms with Gasteiger partial charge >= 0.3 is 13.3 Å². The molecule has 0 spiro atoms. The maximum atomic E-state index is 12.4. The maximum Gasteiger partial charge on any atom is 0.471 e. The fourth-order valence-corrected chi connectivity index (χ4v) is 1.19. The molecule has 1 rings (SSSR count). The Morgan fingerprint density at radius 3 is 2.08 bits per heavy atom. The summed E-state index contributed by atoms with van der Waals surface area (Å²) in [5.41, 5.74) is 0. The third kappa shape index (κ3) is 1.64. The maximum absolute atomic E-state index is 12.4. The Balaban J connectivity index is 3.03. The zero-order valence-corrected chi connectivity index (χ0v) is 6.62. The molecule has 1 atom stereocenters. The summed E-state index contributed by atoms with van der Waals surface area (Å²) in [4.78, 5) is 0. The molecule has 0 bridgehead atoms. The second-order valence-corrected chi connectivity index (χ2v) is 2.90. The van der Waals surface area contributed by atoms with Crippen molar-refractivity contribution in [3.05, 3.63) is 24.3 Å². The van der Waals surface area contributed by atoms with Crippen molar-refractivity contribution in [1.82, 2.24) is 0 Å². The molecule has 0 saturated carbocycles. The van der Waals surface area contributed by atoms with Crippen molar-refractivity contribution in [1.29, 1.82) is 0 Å². The van der Waals surface area contributed by atoms with Crippen LogP contribution in [0.5, 0.6) is 0 Å². The molecule has 0 aromatic carbocycles. The van der Waals surface area contributed by atoms with Gasteiger partial charge in [0.2, 0.25) is 0 Å². The van der Waals surface area contributed by atoms with Crippen molar-refractivity contribution in [2.45, 2.75) is 17.9 Å². The van der Waals surface area contributed by atoms with Crippen molar-refractivity contribution in [2.24, 2.45) is 0 Å². The summed E-state index contributed by atoms with van der Waals surface area (Å²) in [6, 6.07) is 0. The highest BCUT2D eigenvalue weighted by molar-refractivity contribution is 6.47. The van der Waals surface area contributed by atoms with Crippen LogP contribution in [0.4, 0.5) is 13.2 Å². The van der Waals surface area contributed by atoms with E-state index in [0.29, 0.717) is 0 Å². The molecule has 0 radical (unpaired) electrons. The molecule has 0 saturated heterocycles. The Morgan fingerprint density at radius 1 is 1.23 bits per heavy atom. The minimum absolute atomic E-state index is 0.440. The Bertz CT molecular complexity index is 247. The van der Waals surface area contributed by atoms with Gasteiger partial charge in [0.25, 0.3) is 0 Å². The monoisotopic (exact) mass is 192 g/mol. The number of halogens is 3. The van der Waals surface area contributed by atoms with Crippen LogP contribution in [0.1, 0.15) is 6.42 Å². The topological polar surface area (TPSA) is 40.5 Å². The molecule has 72 valence electrons. The summed E-state index contributed by atoms with van der Waals surface area (Å²) < 4.78 is 37.3. The molecule has 0 fully saturated rings. The van der Waals surface area contributed by atoms with Crippen molar-refractivity contribution in [3.8, 4) is 0 Å². The number of rotatable bonds is 1. The van der Waals surface area contributed by atoms with Gasteiger partial charge in [0.1, 0.15) is 5.31 Å². The van der Waals surface area contributed by atoms with Gasteiger partial charge < -0.3 is 10.0 Å². The highest BCUT2D eigenvalue weighted by Crippen LogP contribution is 2.51. The Labute approximate surface area is 73.5 Å². The lowest BCUT2D eigenvalue weighted by atomic mass is 9.54. The quantitative estimate of drug-likeness (QED) is 0.614. The van der Waals surface area contributed by atoms with Crippen LogP contribution in [0.25, 0.3) is 0 Å². The van der Waals surface area contributed by atoms with Crippen molar-refractivity contribution >= 4 is 7.12 Å². The van der Waals surface area contributed by atoms with Crippen molar-refractivity contribution in [3.63, 3.8) is 0 Å². The molecule has 0 aromatic rings. The smallest absolute Gasteiger partial charge is 0.426 e. The van der Waals surface area contributed by atoms with E-state index in [2.05, 4.69) is 0 Å². The van der Waals surface area contributed by atoms with Gasteiger partial charge in [-0.3, -0.25) is 0 Å². The van der Waals surface area contributed by atoms with Gasteiger partial charge in [0.05, 0.1) is 0 Å². The molecule has 0 amide bonds. The molecule has 13 heavy (non-hydrogen) atoms. The lowest BCUT2D eigenvalue weighted by Gasteiger charge is -2.32. The number of hydrogen-bond donors (Lipinski definition) is 2. The van der Waals surface area contributed by atoms with Crippen LogP contribution in [-0.4, -0.2) is 23.3 Å². The molecule has 0 aliphatic heterocycles. The fraction of sp³-hybridized carbons (Fsp3) is 0.429. The molecule has 1 aliphatic carbocycles. The van der Waals surface area contributed by atoms with E-state index in [1.165, 1.54) is 12.2 Å². The van der Waals surface area contributed by atoms with Crippen LogP contribution >= 0.6 is 0 Å². The summed E-state index contributed by atoms with van der Waals surface area (Å²) in [7, 11) is -2.42. The molecule has 0 heterocycles. The van der Waals surface area contributed by atoms with E-state index in [0.717, 1.165) is 12.2 Å². The Morgan fingerprint density at radius 2 is 1.85 bits per heavy atom. The van der Waals surface area contributed by atoms with Crippen LogP contribution < -0.4 is 0 Å². The van der Waals surface area contributed by atoms with Crippen LogP contribution in [-0.2, 0) is 0 Å². The predicted molar refractivity (Wildman–Crippen MR) is 41.8 cm³/mol. The average Bonchev–Trinajstić information content (AvgIpc) is 2.03. The van der Waals surface area contributed by atoms with Crippen LogP contribution in [0.3, 0.4) is 0 Å². The summed E-state index contributed by atoms with van der Waals surface area (Å²) in [6.45, 7) is 0. The van der Waals surface area contributed by atoms with E-state index < -0.39 is 25.0 Å². The third-order valence-corrected chi connectivity index (χ3v) is 2.08. The molecular weight excluding hydrogens is 184 g/mol. The summed E-state index contributed by atoms with van der Waals surface area (Å²) >= 11 is 0. The van der Waals surface area contributed by atoms with E-state index in [1.807, 2.05) is 0 Å². The van der Waals surface area contributed by atoms with Gasteiger partial charge in [-0.25, -0.2) is 0 Å². The highest BCUT2D eigenvalue weighted by Gasteiger charge is 2.60. The first-order valence-electron chi connectivity index (χ1n) is 3.67. The number of alkyl halides is 3. The van der Waals surface area contributed by atoms with Gasteiger partial charge in [-0.05, 0) is 6.42 Å². The van der Waals surface area contributed by atoms with Gasteiger partial charge in [0.15, 0.2) is 0 Å². The summed E-state index contributed by atoms with van der Waals surface area (Å²) in [6.07, 6.45) is -0.458. The molecule has 0 aromatic heterocycles. The number of hydrogen-bond acceptors (Lipinski definition) is 2. The summed E-state index contributed by atoms with van der Waals surface area (Å²) in [5, 5.41) is 14.9. The van der Waals surface area contributed by atoms with Crippen LogP contribution in [0.15, 0.2) is 24.3 Å². The molecule has 6 heteroatoms. The lowest BCUT2D eigenvalue weighted by Crippen LogP contribution is -2.43. The molecule has 1 aliphatic rings. The van der Waals surface area contributed by atoms with E-state index in [4.69, 9.17) is 10.0 Å². The highest BCUT2D eigenvalue weighted by atomic mass is 19.4. The SMILES string of the molecule is OB(O)C1(C(F)(F)F)C=CC=CC1. The standard InChI is InChI=1S/C7H8BF3O2/c9-7(10,11)6(8(12)13)4-2-1-3-5-6/h1-4,12-13H,5H2. The van der Waals surface area contributed by atoms with E-state index >= 15 is 0 Å². The minimum atomic E-state index is -4.65. The average molecular weight is 192 g/mol. The Kier molecular flexibility index (Phi) is 2.54. The van der Waals surface area contributed by atoms with Crippen molar-refractivity contribution < 1.29 is 23.2 Å². The van der Waals surface area contributed by atoms with Gasteiger partial charge in [-0.15, -0.1) is 0 Å². The van der Waals surface area contributed by atoms with Crippen LogP contribution in [0.2, 0.25) is 5.31 Å². The van der Waals surface area contributed by atoms with Gasteiger partial charge in [-0.1, -0.05) is 24.3 Å². The Hall–Kier alpha value is -0.745. The zero-order chi connectivity index (χ0) is 10.1. The number of allylic oxidation sites excluding steroid dienone is 4. The third-order valence-electron chi connectivity index (χ3n) is 2.08. The van der Waals surface area contributed by atoms with Gasteiger partial charge in [0, 0.05) is 0 Å². The molecule has 2 nitrogen and oxygen atoms in total. The van der Waals surface area contributed by atoms with E-state index in [9.17, 15) is 13.2 Å². The largest absolute Gasteiger partial charge is 0.471 e. The lowest BCUT2D eigenvalue weighted by molar-refractivity contribution is -0.159. The minimum Gasteiger partial charge on any atom is -0.426 e. The second-order valence-electron chi connectivity index (χ2n) is 2.90. The fourth-order valence-electron chi connectivity index (χ4n) is 1.19. The van der Waals surface area contributed by atoms with E-state index in [1.54, 1.807) is 0 Å². The van der Waals surface area contributed by atoms with Crippen molar-refractivity contribution in [2.75, 3.05) is 0 Å². The first-order chi connectivity index (χ1) is 5.90. The molecular formula is C7H8BF3O2. The van der Waals surface area contributed by atoms with Gasteiger partial charge in [-0.2, -0.15) is 13.2 Å². The molecule has 2 N–H and O–H groups in total. The molecule has 1 unspecified atom stereocenters. The predicted octanol–water partition coefficient (Wildman–Crippen LogP) is 1.28. The second kappa shape index (κ2) is 3.19. The van der Waals surface area contributed by atoms with Crippen LogP contribution in [0, 0.1) is 0 Å². The first-order valence-corrected chi connectivity index (χ1v) is 3.67. The first kappa shape index (κ1) is 10.3. The van der Waals surface area contributed by atoms with E-state index in [-0.39, 0.29) is 0 Å². The summed E-state index contributed by atoms with van der Waals surface area (Å²) in [5.74, 6) is 0. The normalized spacial score (nSPS) is 27.8. The zero-order valence-electron chi connectivity index (χ0n) is 6.62.